The molecule has 0 aliphatic carbocycles. The Morgan fingerprint density at radius 2 is 2.15 bits per heavy atom. The Bertz CT molecular complexity index is 577. The first-order valence-corrected chi connectivity index (χ1v) is 7.14. The van der Waals surface area contributed by atoms with E-state index >= 15 is 0 Å². The van der Waals surface area contributed by atoms with Gasteiger partial charge in [-0.2, -0.15) is 0 Å². The standard InChI is InChI=1S/C16H22N2O2/c1-3-11(2)15(19)16(20)17-9-8-12-10-18-14-7-5-4-6-13(12)14/h4-7,10-11,15,18-19H,3,8-9H2,1-2H3,(H,17,20). The Morgan fingerprint density at radius 3 is 2.90 bits per heavy atom. The molecule has 1 aromatic heterocycles. The average Bonchev–Trinajstić information content (AvgIpc) is 2.89. The lowest BCUT2D eigenvalue weighted by Gasteiger charge is -2.16. The summed E-state index contributed by atoms with van der Waals surface area (Å²) in [6, 6.07) is 8.10. The molecule has 4 heteroatoms. The average molecular weight is 274 g/mol. The highest BCUT2D eigenvalue weighted by Crippen LogP contribution is 2.17. The number of benzene rings is 1. The van der Waals surface area contributed by atoms with Crippen molar-refractivity contribution in [2.45, 2.75) is 32.8 Å². The summed E-state index contributed by atoms with van der Waals surface area (Å²) in [4.78, 5) is 15.0. The van der Waals surface area contributed by atoms with E-state index in [9.17, 15) is 9.90 Å². The zero-order valence-electron chi connectivity index (χ0n) is 12.0. The van der Waals surface area contributed by atoms with E-state index in [1.165, 1.54) is 10.9 Å². The van der Waals surface area contributed by atoms with Crippen LogP contribution in [0.4, 0.5) is 0 Å². The molecule has 0 saturated carbocycles. The summed E-state index contributed by atoms with van der Waals surface area (Å²) in [7, 11) is 0. The number of hydrogen-bond donors (Lipinski definition) is 3. The molecule has 3 N–H and O–H groups in total. The van der Waals surface area contributed by atoms with Crippen molar-refractivity contribution in [1.82, 2.24) is 10.3 Å². The van der Waals surface area contributed by atoms with Crippen LogP contribution in [-0.2, 0) is 11.2 Å². The number of aromatic nitrogens is 1. The molecule has 0 fully saturated rings. The number of aliphatic hydroxyl groups excluding tert-OH is 1. The molecule has 108 valence electrons. The smallest absolute Gasteiger partial charge is 0.249 e. The van der Waals surface area contributed by atoms with Gasteiger partial charge < -0.3 is 15.4 Å². The van der Waals surface area contributed by atoms with Gasteiger partial charge in [-0.3, -0.25) is 4.79 Å². The number of fused-ring (bicyclic) bond motifs is 1. The van der Waals surface area contributed by atoms with Crippen LogP contribution in [0.2, 0.25) is 0 Å². The second-order valence-electron chi connectivity index (χ2n) is 5.23. The lowest BCUT2D eigenvalue weighted by Crippen LogP contribution is -2.39. The highest BCUT2D eigenvalue weighted by molar-refractivity contribution is 5.83. The second-order valence-corrected chi connectivity index (χ2v) is 5.23. The predicted molar refractivity (Wildman–Crippen MR) is 80.5 cm³/mol. The van der Waals surface area contributed by atoms with Gasteiger partial charge in [0.1, 0.15) is 6.10 Å². The quantitative estimate of drug-likeness (QED) is 0.756. The molecule has 2 rings (SSSR count). The predicted octanol–water partition coefficient (Wildman–Crippen LogP) is 2.23. The molecule has 0 aliphatic rings. The van der Waals surface area contributed by atoms with Gasteiger partial charge in [-0.25, -0.2) is 0 Å². The normalized spacial score (nSPS) is 14.2. The molecule has 4 nitrogen and oxygen atoms in total. The van der Waals surface area contributed by atoms with Crippen molar-refractivity contribution >= 4 is 16.8 Å². The SMILES string of the molecule is CCC(C)C(O)C(=O)NCCc1c[nH]c2ccccc12. The lowest BCUT2D eigenvalue weighted by atomic mass is 10.0. The molecule has 2 unspecified atom stereocenters. The van der Waals surface area contributed by atoms with Gasteiger partial charge in [0.2, 0.25) is 5.91 Å². The number of rotatable bonds is 6. The van der Waals surface area contributed by atoms with Gasteiger partial charge in [-0.15, -0.1) is 0 Å². The van der Waals surface area contributed by atoms with Crippen molar-refractivity contribution in [3.63, 3.8) is 0 Å². The van der Waals surface area contributed by atoms with Gasteiger partial charge >= 0.3 is 0 Å². The van der Waals surface area contributed by atoms with Gasteiger partial charge in [-0.05, 0) is 24.0 Å². The van der Waals surface area contributed by atoms with Gasteiger partial charge in [0, 0.05) is 23.6 Å². The molecule has 0 bridgehead atoms. The van der Waals surface area contributed by atoms with E-state index in [0.29, 0.717) is 6.54 Å². The number of H-pyrrole nitrogens is 1. The molecule has 1 heterocycles. The minimum Gasteiger partial charge on any atom is -0.383 e. The van der Waals surface area contributed by atoms with E-state index in [4.69, 9.17) is 0 Å². The maximum absolute atomic E-state index is 11.8. The summed E-state index contributed by atoms with van der Waals surface area (Å²) >= 11 is 0. The zero-order chi connectivity index (χ0) is 14.5. The maximum atomic E-state index is 11.8. The van der Waals surface area contributed by atoms with E-state index in [1.807, 2.05) is 38.2 Å². The van der Waals surface area contributed by atoms with Crippen molar-refractivity contribution in [2.24, 2.45) is 5.92 Å². The Labute approximate surface area is 119 Å². The van der Waals surface area contributed by atoms with E-state index in [-0.39, 0.29) is 11.8 Å². The highest BCUT2D eigenvalue weighted by atomic mass is 16.3. The van der Waals surface area contributed by atoms with E-state index in [1.54, 1.807) is 0 Å². The van der Waals surface area contributed by atoms with Crippen molar-refractivity contribution in [1.29, 1.82) is 0 Å². The van der Waals surface area contributed by atoms with Gasteiger partial charge in [0.05, 0.1) is 0 Å². The van der Waals surface area contributed by atoms with Crippen molar-refractivity contribution < 1.29 is 9.90 Å². The largest absolute Gasteiger partial charge is 0.383 e. The minimum atomic E-state index is -0.914. The number of carbonyl (C=O) groups excluding carboxylic acids is 1. The molecule has 0 saturated heterocycles. The van der Waals surface area contributed by atoms with Crippen molar-refractivity contribution in [2.75, 3.05) is 6.54 Å². The number of carbonyl (C=O) groups is 1. The van der Waals surface area contributed by atoms with E-state index in [2.05, 4.69) is 16.4 Å². The third-order valence-corrected chi connectivity index (χ3v) is 3.82. The topological polar surface area (TPSA) is 65.1 Å². The highest BCUT2D eigenvalue weighted by Gasteiger charge is 2.20. The molecule has 0 spiro atoms. The lowest BCUT2D eigenvalue weighted by molar-refractivity contribution is -0.131. The van der Waals surface area contributed by atoms with Gasteiger partial charge in [0.25, 0.3) is 0 Å². The second kappa shape index (κ2) is 6.57. The van der Waals surface area contributed by atoms with Crippen LogP contribution in [0.1, 0.15) is 25.8 Å². The maximum Gasteiger partial charge on any atom is 0.249 e. The molecular weight excluding hydrogens is 252 g/mol. The van der Waals surface area contributed by atoms with E-state index < -0.39 is 6.10 Å². The number of para-hydroxylation sites is 1. The van der Waals surface area contributed by atoms with Gasteiger partial charge in [-0.1, -0.05) is 38.5 Å². The van der Waals surface area contributed by atoms with Crippen LogP contribution in [-0.4, -0.2) is 28.6 Å². The number of nitrogens with one attached hydrogen (secondary N) is 2. The summed E-state index contributed by atoms with van der Waals surface area (Å²) in [5.41, 5.74) is 2.28. The summed E-state index contributed by atoms with van der Waals surface area (Å²) in [6.07, 6.45) is 2.60. The Hall–Kier alpha value is -1.81. The molecule has 0 aliphatic heterocycles. The molecule has 1 amide bonds. The molecule has 2 aromatic rings. The molecule has 1 aromatic carbocycles. The third-order valence-electron chi connectivity index (χ3n) is 3.82. The summed E-state index contributed by atoms with van der Waals surface area (Å²) in [6.45, 7) is 4.38. The van der Waals surface area contributed by atoms with Crippen LogP contribution in [0, 0.1) is 5.92 Å². The van der Waals surface area contributed by atoms with Crippen LogP contribution >= 0.6 is 0 Å². The van der Waals surface area contributed by atoms with Crippen LogP contribution in [0.3, 0.4) is 0 Å². The number of aliphatic hydroxyl groups is 1. The molecule has 2 atom stereocenters. The van der Waals surface area contributed by atoms with Crippen LogP contribution in [0.5, 0.6) is 0 Å². The first-order valence-electron chi connectivity index (χ1n) is 7.14. The fraction of sp³-hybridized carbons (Fsp3) is 0.438. The monoisotopic (exact) mass is 274 g/mol. The zero-order valence-corrected chi connectivity index (χ0v) is 12.0. The van der Waals surface area contributed by atoms with Gasteiger partial charge in [0.15, 0.2) is 0 Å². The van der Waals surface area contributed by atoms with Crippen LogP contribution < -0.4 is 5.32 Å². The number of aromatic amines is 1. The third kappa shape index (κ3) is 3.20. The molecule has 0 radical (unpaired) electrons. The first-order chi connectivity index (χ1) is 9.63. The Balaban J connectivity index is 1.88. The van der Waals surface area contributed by atoms with Crippen molar-refractivity contribution in [3.8, 4) is 0 Å². The van der Waals surface area contributed by atoms with E-state index in [0.717, 1.165) is 18.4 Å². The van der Waals surface area contributed by atoms with Crippen LogP contribution in [0.15, 0.2) is 30.5 Å². The fourth-order valence-electron chi connectivity index (χ4n) is 2.25. The fourth-order valence-corrected chi connectivity index (χ4v) is 2.25. The molecular formula is C16H22N2O2. The molecule has 20 heavy (non-hydrogen) atoms. The summed E-state index contributed by atoms with van der Waals surface area (Å²) < 4.78 is 0. The Kier molecular flexibility index (Phi) is 4.79. The Morgan fingerprint density at radius 1 is 1.40 bits per heavy atom. The minimum absolute atomic E-state index is 0.0110. The first kappa shape index (κ1) is 14.6. The van der Waals surface area contributed by atoms with Crippen LogP contribution in [0.25, 0.3) is 10.9 Å². The summed E-state index contributed by atoms with van der Waals surface area (Å²) in [5, 5.41) is 13.8. The van der Waals surface area contributed by atoms with Crippen molar-refractivity contribution in [3.05, 3.63) is 36.0 Å². The number of hydrogen-bond acceptors (Lipinski definition) is 2. The summed E-state index contributed by atoms with van der Waals surface area (Å²) in [5.74, 6) is -0.290. The number of amides is 1.